The van der Waals surface area contributed by atoms with Crippen LogP contribution in [0.5, 0.6) is 5.75 Å². The van der Waals surface area contributed by atoms with Crippen LogP contribution in [-0.4, -0.2) is 21.6 Å². The predicted octanol–water partition coefficient (Wildman–Crippen LogP) is 4.75. The zero-order chi connectivity index (χ0) is 17.6. The van der Waals surface area contributed by atoms with Gasteiger partial charge in [-0.3, -0.25) is 0 Å². The van der Waals surface area contributed by atoms with E-state index in [-0.39, 0.29) is 5.54 Å². The average molecular weight is 365 g/mol. The lowest BCUT2D eigenvalue weighted by Gasteiger charge is -2.23. The highest BCUT2D eigenvalue weighted by molar-refractivity contribution is 6.38. The minimum Gasteiger partial charge on any atom is -0.497 e. The molecular formula is C17H18Cl2N4O. The van der Waals surface area contributed by atoms with Gasteiger partial charge in [-0.25, -0.2) is 9.97 Å². The highest BCUT2D eigenvalue weighted by Crippen LogP contribution is 2.45. The van der Waals surface area contributed by atoms with Gasteiger partial charge in [0, 0.05) is 21.7 Å². The van der Waals surface area contributed by atoms with Crippen molar-refractivity contribution in [2.24, 2.45) is 0 Å². The molecule has 0 saturated carbocycles. The van der Waals surface area contributed by atoms with Crippen molar-refractivity contribution in [3.8, 4) is 16.9 Å². The zero-order valence-corrected chi connectivity index (χ0v) is 15.4. The standard InChI is InChI=1S/C17H18Cl2N4O/c1-17(2,3)23-14(19)12(13-15(20)21-8-22-16(13)23)10-7-9(24-4)5-6-11(10)18/h5-8H,1-4H3,(H2,20,21,22). The summed E-state index contributed by atoms with van der Waals surface area (Å²) in [6, 6.07) is 5.40. The fourth-order valence-electron chi connectivity index (χ4n) is 2.79. The summed E-state index contributed by atoms with van der Waals surface area (Å²) < 4.78 is 7.25. The van der Waals surface area contributed by atoms with E-state index in [9.17, 15) is 0 Å². The lowest BCUT2D eigenvalue weighted by molar-refractivity contribution is 0.409. The van der Waals surface area contributed by atoms with Crippen molar-refractivity contribution >= 4 is 40.1 Å². The molecule has 0 unspecified atom stereocenters. The summed E-state index contributed by atoms with van der Waals surface area (Å²) in [4.78, 5) is 8.52. The van der Waals surface area contributed by atoms with Gasteiger partial charge in [0.1, 0.15) is 28.7 Å². The van der Waals surface area contributed by atoms with E-state index in [1.54, 1.807) is 19.2 Å². The van der Waals surface area contributed by atoms with Crippen LogP contribution in [0.2, 0.25) is 10.2 Å². The quantitative estimate of drug-likeness (QED) is 0.712. The number of rotatable bonds is 2. The summed E-state index contributed by atoms with van der Waals surface area (Å²) in [5.41, 5.74) is 7.97. The summed E-state index contributed by atoms with van der Waals surface area (Å²) >= 11 is 13.2. The Labute approximate surface area is 150 Å². The number of ether oxygens (including phenoxy) is 1. The maximum atomic E-state index is 6.75. The Bertz CT molecular complexity index is 928. The van der Waals surface area contributed by atoms with E-state index in [1.165, 1.54) is 6.33 Å². The van der Waals surface area contributed by atoms with Crippen molar-refractivity contribution in [3.05, 3.63) is 34.7 Å². The van der Waals surface area contributed by atoms with E-state index in [1.807, 2.05) is 31.4 Å². The number of hydrogen-bond acceptors (Lipinski definition) is 4. The molecule has 0 atom stereocenters. The zero-order valence-electron chi connectivity index (χ0n) is 13.9. The van der Waals surface area contributed by atoms with Gasteiger partial charge in [0.15, 0.2) is 0 Å². The molecule has 0 radical (unpaired) electrons. The third kappa shape index (κ3) is 2.58. The normalized spacial score (nSPS) is 11.9. The van der Waals surface area contributed by atoms with Gasteiger partial charge in [-0.05, 0) is 39.0 Å². The number of fused-ring (bicyclic) bond motifs is 1. The van der Waals surface area contributed by atoms with Crippen molar-refractivity contribution in [1.82, 2.24) is 14.5 Å². The number of benzene rings is 1. The van der Waals surface area contributed by atoms with Gasteiger partial charge in [0.05, 0.1) is 12.5 Å². The summed E-state index contributed by atoms with van der Waals surface area (Å²) in [5, 5.41) is 1.75. The van der Waals surface area contributed by atoms with Crippen LogP contribution in [-0.2, 0) is 5.54 Å². The van der Waals surface area contributed by atoms with Gasteiger partial charge in [-0.15, -0.1) is 0 Å². The summed E-state index contributed by atoms with van der Waals surface area (Å²) in [6.07, 6.45) is 1.44. The molecule has 2 N–H and O–H groups in total. The van der Waals surface area contributed by atoms with Crippen molar-refractivity contribution in [3.63, 3.8) is 0 Å². The molecule has 0 bridgehead atoms. The van der Waals surface area contributed by atoms with Crippen LogP contribution in [0.25, 0.3) is 22.2 Å². The lowest BCUT2D eigenvalue weighted by atomic mass is 10.1. The third-order valence-electron chi connectivity index (χ3n) is 3.83. The van der Waals surface area contributed by atoms with Crippen molar-refractivity contribution in [2.75, 3.05) is 12.8 Å². The van der Waals surface area contributed by atoms with E-state index < -0.39 is 0 Å². The molecule has 3 aromatic rings. The van der Waals surface area contributed by atoms with Crippen molar-refractivity contribution in [2.45, 2.75) is 26.3 Å². The SMILES string of the molecule is COc1ccc(Cl)c(-c2c(Cl)n(C(C)(C)C)c3ncnc(N)c23)c1. The minimum atomic E-state index is -0.292. The topological polar surface area (TPSA) is 66.0 Å². The number of methoxy groups -OCH3 is 1. The van der Waals surface area contributed by atoms with Crippen LogP contribution in [0.15, 0.2) is 24.5 Å². The van der Waals surface area contributed by atoms with Gasteiger partial charge in [-0.1, -0.05) is 23.2 Å². The fraction of sp³-hybridized carbons (Fsp3) is 0.294. The Balaban J connectivity index is 2.48. The van der Waals surface area contributed by atoms with Gasteiger partial charge in [0.25, 0.3) is 0 Å². The number of halogens is 2. The van der Waals surface area contributed by atoms with Crippen LogP contribution >= 0.6 is 23.2 Å². The first-order chi connectivity index (χ1) is 11.3. The van der Waals surface area contributed by atoms with Gasteiger partial charge in [-0.2, -0.15) is 0 Å². The molecule has 0 aliphatic heterocycles. The molecule has 3 rings (SSSR count). The molecule has 0 fully saturated rings. The van der Waals surface area contributed by atoms with Gasteiger partial charge < -0.3 is 15.0 Å². The molecule has 0 aliphatic carbocycles. The molecule has 0 aliphatic rings. The summed E-state index contributed by atoms with van der Waals surface area (Å²) in [7, 11) is 1.60. The van der Waals surface area contributed by atoms with E-state index in [2.05, 4.69) is 9.97 Å². The Kier molecular flexibility index (Phi) is 4.10. The number of nitrogen functional groups attached to an aromatic ring is 1. The average Bonchev–Trinajstić information content (AvgIpc) is 2.81. The first kappa shape index (κ1) is 16.9. The Hall–Kier alpha value is -1.98. The van der Waals surface area contributed by atoms with Gasteiger partial charge >= 0.3 is 0 Å². The maximum Gasteiger partial charge on any atom is 0.147 e. The molecule has 7 heteroatoms. The van der Waals surface area contributed by atoms with Crippen LogP contribution in [0.1, 0.15) is 20.8 Å². The van der Waals surface area contributed by atoms with E-state index in [0.29, 0.717) is 38.3 Å². The molecular weight excluding hydrogens is 347 g/mol. The Morgan fingerprint density at radius 1 is 1.17 bits per heavy atom. The number of hydrogen-bond donors (Lipinski definition) is 1. The van der Waals surface area contributed by atoms with Crippen molar-refractivity contribution < 1.29 is 4.74 Å². The highest BCUT2D eigenvalue weighted by Gasteiger charge is 2.28. The molecule has 2 aromatic heterocycles. The number of nitrogens with two attached hydrogens (primary N) is 1. The summed E-state index contributed by atoms with van der Waals surface area (Å²) in [6.45, 7) is 6.15. The highest BCUT2D eigenvalue weighted by atomic mass is 35.5. The largest absolute Gasteiger partial charge is 0.497 e. The number of nitrogens with zero attached hydrogens (tertiary/aromatic N) is 3. The second kappa shape index (κ2) is 5.83. The lowest BCUT2D eigenvalue weighted by Crippen LogP contribution is -2.22. The monoisotopic (exact) mass is 364 g/mol. The van der Waals surface area contributed by atoms with Crippen LogP contribution in [0.4, 0.5) is 5.82 Å². The van der Waals surface area contributed by atoms with E-state index in [0.717, 1.165) is 5.56 Å². The van der Waals surface area contributed by atoms with E-state index >= 15 is 0 Å². The first-order valence-electron chi connectivity index (χ1n) is 7.40. The second-order valence-electron chi connectivity index (χ2n) is 6.48. The Morgan fingerprint density at radius 2 is 1.88 bits per heavy atom. The Morgan fingerprint density at radius 3 is 2.50 bits per heavy atom. The van der Waals surface area contributed by atoms with Gasteiger partial charge in [0.2, 0.25) is 0 Å². The molecule has 126 valence electrons. The van der Waals surface area contributed by atoms with E-state index in [4.69, 9.17) is 33.7 Å². The van der Waals surface area contributed by atoms with Crippen molar-refractivity contribution in [1.29, 1.82) is 0 Å². The van der Waals surface area contributed by atoms with Crippen LogP contribution in [0, 0.1) is 0 Å². The smallest absolute Gasteiger partial charge is 0.147 e. The number of anilines is 1. The molecule has 1 aromatic carbocycles. The molecule has 0 saturated heterocycles. The maximum absolute atomic E-state index is 6.75. The molecule has 0 spiro atoms. The third-order valence-corrected chi connectivity index (χ3v) is 4.52. The second-order valence-corrected chi connectivity index (χ2v) is 7.24. The molecule has 24 heavy (non-hydrogen) atoms. The van der Waals surface area contributed by atoms with Crippen LogP contribution in [0.3, 0.4) is 0 Å². The predicted molar refractivity (Wildman–Crippen MR) is 98.9 cm³/mol. The molecule has 2 heterocycles. The minimum absolute atomic E-state index is 0.292. The molecule has 0 amide bonds. The first-order valence-corrected chi connectivity index (χ1v) is 8.16. The summed E-state index contributed by atoms with van der Waals surface area (Å²) in [5.74, 6) is 1.04. The van der Waals surface area contributed by atoms with Crippen LogP contribution < -0.4 is 10.5 Å². The fourth-order valence-corrected chi connectivity index (χ4v) is 3.53. The molecule has 5 nitrogen and oxygen atoms in total. The number of aromatic nitrogens is 3.